The average Bonchev–Trinajstić information content (AvgIpc) is 2.69. The third-order valence-corrected chi connectivity index (χ3v) is 4.04. The maximum absolute atomic E-state index is 6.13. The predicted molar refractivity (Wildman–Crippen MR) is 83.6 cm³/mol. The van der Waals surface area contributed by atoms with Crippen LogP contribution in [0.15, 0.2) is 25.3 Å². The smallest absolute Gasteiger partial charge is 0.133 e. The largest absolute Gasteiger partial charge is 0.390 e. The Kier molecular flexibility index (Phi) is 4.32. The number of nitrogens with two attached hydrogens (primary N) is 1. The van der Waals surface area contributed by atoms with Gasteiger partial charge in [0.15, 0.2) is 0 Å². The van der Waals surface area contributed by atoms with Crippen molar-refractivity contribution in [2.24, 2.45) is 0 Å². The Labute approximate surface area is 117 Å². The topological polar surface area (TPSA) is 51.8 Å². The molecule has 0 fully saturated rings. The number of anilines is 1. The summed E-state index contributed by atoms with van der Waals surface area (Å²) in [5.74, 6) is 0.814. The fourth-order valence-corrected chi connectivity index (χ4v) is 3.19. The first-order valence-electron chi connectivity index (χ1n) is 6.49. The molecule has 0 bridgehead atoms. The Morgan fingerprint density at radius 3 is 2.58 bits per heavy atom. The van der Waals surface area contributed by atoms with Crippen LogP contribution in [0.1, 0.15) is 30.4 Å². The Morgan fingerprint density at radius 1 is 1.21 bits per heavy atom. The maximum Gasteiger partial charge on any atom is 0.133 e. The van der Waals surface area contributed by atoms with E-state index in [0.29, 0.717) is 6.42 Å². The Bertz CT molecular complexity index is 613. The van der Waals surface area contributed by atoms with E-state index < -0.39 is 0 Å². The van der Waals surface area contributed by atoms with Crippen molar-refractivity contribution < 1.29 is 0 Å². The van der Waals surface area contributed by atoms with Crippen molar-refractivity contribution in [3.8, 4) is 0 Å². The van der Waals surface area contributed by atoms with E-state index in [0.717, 1.165) is 46.0 Å². The lowest BCUT2D eigenvalue weighted by molar-refractivity contribution is 0.922. The van der Waals surface area contributed by atoms with Crippen molar-refractivity contribution in [3.05, 3.63) is 42.4 Å². The van der Waals surface area contributed by atoms with Gasteiger partial charge in [-0.2, -0.15) is 0 Å². The van der Waals surface area contributed by atoms with Crippen molar-refractivity contribution in [1.29, 1.82) is 0 Å². The standard InChI is InChI=1S/C15H19N3S/c1-4-7-10-13-14(19-15(10)16)11(8-5-2)17-12(18-13)9-6-3/h5-6H,2-4,7-9,16H2,1H3. The molecule has 2 aromatic heterocycles. The number of nitrogens with zero attached hydrogens (tertiary/aromatic N) is 2. The third-order valence-electron chi connectivity index (χ3n) is 2.94. The molecule has 4 heteroatoms. The number of aryl methyl sites for hydroxylation is 1. The highest BCUT2D eigenvalue weighted by Crippen LogP contribution is 2.35. The minimum absolute atomic E-state index is 0.682. The van der Waals surface area contributed by atoms with Crippen LogP contribution < -0.4 is 5.73 Å². The Hall–Kier alpha value is -1.68. The van der Waals surface area contributed by atoms with Crippen molar-refractivity contribution >= 4 is 26.6 Å². The zero-order valence-corrected chi connectivity index (χ0v) is 12.1. The molecule has 0 spiro atoms. The summed E-state index contributed by atoms with van der Waals surface area (Å²) in [6, 6.07) is 0. The molecule has 3 nitrogen and oxygen atoms in total. The van der Waals surface area contributed by atoms with Crippen LogP contribution in [-0.4, -0.2) is 9.97 Å². The molecule has 0 radical (unpaired) electrons. The molecule has 19 heavy (non-hydrogen) atoms. The maximum atomic E-state index is 6.13. The molecule has 100 valence electrons. The van der Waals surface area contributed by atoms with E-state index in [2.05, 4.69) is 30.0 Å². The van der Waals surface area contributed by atoms with E-state index in [9.17, 15) is 0 Å². The second kappa shape index (κ2) is 5.97. The normalized spacial score (nSPS) is 10.8. The first kappa shape index (κ1) is 13.7. The quantitative estimate of drug-likeness (QED) is 0.817. The highest BCUT2D eigenvalue weighted by Gasteiger charge is 2.15. The van der Waals surface area contributed by atoms with Crippen molar-refractivity contribution in [3.63, 3.8) is 0 Å². The van der Waals surface area contributed by atoms with Gasteiger partial charge in [0, 0.05) is 18.4 Å². The van der Waals surface area contributed by atoms with Crippen LogP contribution in [0.25, 0.3) is 10.2 Å². The zero-order chi connectivity index (χ0) is 13.8. The number of hydrogen-bond donors (Lipinski definition) is 1. The highest BCUT2D eigenvalue weighted by atomic mass is 32.1. The molecule has 0 saturated carbocycles. The summed E-state index contributed by atoms with van der Waals surface area (Å²) < 4.78 is 1.11. The third kappa shape index (κ3) is 2.68. The molecule has 0 aliphatic rings. The summed E-state index contributed by atoms with van der Waals surface area (Å²) in [6.07, 6.45) is 7.15. The van der Waals surface area contributed by atoms with Crippen LogP contribution in [0.5, 0.6) is 0 Å². The molecule has 0 aliphatic heterocycles. The molecule has 0 aliphatic carbocycles. The van der Waals surface area contributed by atoms with Gasteiger partial charge in [-0.05, 0) is 6.42 Å². The number of thiophene rings is 1. The monoisotopic (exact) mass is 273 g/mol. The van der Waals surface area contributed by atoms with Crippen LogP contribution in [-0.2, 0) is 19.3 Å². The second-order valence-electron chi connectivity index (χ2n) is 4.44. The Morgan fingerprint density at radius 2 is 1.95 bits per heavy atom. The van der Waals surface area contributed by atoms with Gasteiger partial charge in [-0.3, -0.25) is 0 Å². The zero-order valence-electron chi connectivity index (χ0n) is 11.3. The van der Waals surface area contributed by atoms with E-state index >= 15 is 0 Å². The van der Waals surface area contributed by atoms with Gasteiger partial charge in [-0.1, -0.05) is 25.5 Å². The first-order chi connectivity index (χ1) is 9.21. The number of nitrogen functional groups attached to an aromatic ring is 1. The van der Waals surface area contributed by atoms with Crippen LogP contribution in [0.2, 0.25) is 0 Å². The summed E-state index contributed by atoms with van der Waals surface area (Å²) >= 11 is 1.59. The van der Waals surface area contributed by atoms with E-state index in [1.165, 1.54) is 5.56 Å². The van der Waals surface area contributed by atoms with E-state index in [4.69, 9.17) is 5.73 Å². The van der Waals surface area contributed by atoms with Gasteiger partial charge >= 0.3 is 0 Å². The number of hydrogen-bond acceptors (Lipinski definition) is 4. The number of allylic oxidation sites excluding steroid dienone is 2. The molecular formula is C15H19N3S. The van der Waals surface area contributed by atoms with Crippen molar-refractivity contribution in [1.82, 2.24) is 9.97 Å². The van der Waals surface area contributed by atoms with Crippen LogP contribution >= 0.6 is 11.3 Å². The molecule has 2 N–H and O–H groups in total. The van der Waals surface area contributed by atoms with Gasteiger partial charge in [0.25, 0.3) is 0 Å². The van der Waals surface area contributed by atoms with Crippen LogP contribution in [0.3, 0.4) is 0 Å². The van der Waals surface area contributed by atoms with Crippen LogP contribution in [0, 0.1) is 0 Å². The summed E-state index contributed by atoms with van der Waals surface area (Å²) in [7, 11) is 0. The van der Waals surface area contributed by atoms with E-state index in [1.54, 1.807) is 11.3 Å². The number of aromatic nitrogens is 2. The summed E-state index contributed by atoms with van der Waals surface area (Å²) in [4.78, 5) is 9.26. The predicted octanol–water partition coefficient (Wildman–Crippen LogP) is 3.68. The first-order valence-corrected chi connectivity index (χ1v) is 7.31. The molecular weight excluding hydrogens is 254 g/mol. The van der Waals surface area contributed by atoms with Gasteiger partial charge in [-0.15, -0.1) is 24.5 Å². The van der Waals surface area contributed by atoms with Crippen molar-refractivity contribution in [2.45, 2.75) is 32.6 Å². The summed E-state index contributed by atoms with van der Waals surface area (Å²) in [5.41, 5.74) is 9.35. The van der Waals surface area contributed by atoms with Gasteiger partial charge in [0.1, 0.15) is 5.82 Å². The van der Waals surface area contributed by atoms with Crippen molar-refractivity contribution in [2.75, 3.05) is 5.73 Å². The number of rotatable bonds is 6. The fraction of sp³-hybridized carbons (Fsp3) is 0.333. The van der Waals surface area contributed by atoms with E-state index in [-0.39, 0.29) is 0 Å². The Balaban J connectivity index is 2.67. The molecule has 0 unspecified atom stereocenters. The lowest BCUT2D eigenvalue weighted by Crippen LogP contribution is -1.99. The van der Waals surface area contributed by atoms with Crippen LogP contribution in [0.4, 0.5) is 5.00 Å². The molecule has 2 rings (SSSR count). The number of fused-ring (bicyclic) bond motifs is 1. The second-order valence-corrected chi connectivity index (χ2v) is 5.50. The summed E-state index contributed by atoms with van der Waals surface area (Å²) in [6.45, 7) is 9.70. The van der Waals surface area contributed by atoms with Gasteiger partial charge in [0.2, 0.25) is 0 Å². The molecule has 0 atom stereocenters. The minimum Gasteiger partial charge on any atom is -0.390 e. The molecule has 0 aromatic carbocycles. The van der Waals surface area contributed by atoms with Gasteiger partial charge in [-0.25, -0.2) is 9.97 Å². The molecule has 2 heterocycles. The highest BCUT2D eigenvalue weighted by molar-refractivity contribution is 7.23. The van der Waals surface area contributed by atoms with E-state index in [1.807, 2.05) is 12.2 Å². The molecule has 0 amide bonds. The average molecular weight is 273 g/mol. The molecule has 2 aromatic rings. The SMILES string of the molecule is C=CCc1nc(CC=C)c2sc(N)c(CCC)c2n1. The fourth-order valence-electron chi connectivity index (χ4n) is 2.14. The minimum atomic E-state index is 0.682. The molecule has 0 saturated heterocycles. The lowest BCUT2D eigenvalue weighted by Gasteiger charge is -2.04. The van der Waals surface area contributed by atoms with Gasteiger partial charge < -0.3 is 5.73 Å². The summed E-state index contributed by atoms with van der Waals surface area (Å²) in [5, 5.41) is 0.868. The van der Waals surface area contributed by atoms with Gasteiger partial charge in [0.05, 0.1) is 20.9 Å². The lowest BCUT2D eigenvalue weighted by atomic mass is 10.1.